The van der Waals surface area contributed by atoms with E-state index in [9.17, 15) is 4.79 Å². The number of hydrogen-bond acceptors (Lipinski definition) is 5. The molecule has 0 aliphatic heterocycles. The molecule has 0 aliphatic carbocycles. The van der Waals surface area contributed by atoms with Crippen LogP contribution in [0.4, 0.5) is 5.69 Å². The number of benzene rings is 2. The molecule has 0 spiro atoms. The topological polar surface area (TPSA) is 64.1 Å². The van der Waals surface area contributed by atoms with Crippen molar-refractivity contribution in [2.24, 2.45) is 0 Å². The number of thiazole rings is 1. The first kappa shape index (κ1) is 17.2. The molecule has 134 valence electrons. The lowest BCUT2D eigenvalue weighted by Gasteiger charge is -2.14. The van der Waals surface area contributed by atoms with Gasteiger partial charge >= 0.3 is 0 Å². The van der Waals surface area contributed by atoms with Crippen LogP contribution in [0.2, 0.25) is 0 Å². The van der Waals surface area contributed by atoms with Gasteiger partial charge in [-0.25, -0.2) is 9.97 Å². The van der Waals surface area contributed by atoms with Gasteiger partial charge in [-0.1, -0.05) is 29.5 Å². The molecule has 1 N–H and O–H groups in total. The van der Waals surface area contributed by atoms with Crippen LogP contribution < -0.4 is 10.1 Å². The average molecular weight is 375 g/mol. The van der Waals surface area contributed by atoms with Gasteiger partial charge in [-0.3, -0.25) is 4.79 Å². The van der Waals surface area contributed by atoms with Crippen LogP contribution in [0, 0.1) is 0 Å². The summed E-state index contributed by atoms with van der Waals surface area (Å²) >= 11 is 1.55. The van der Waals surface area contributed by atoms with Crippen molar-refractivity contribution in [1.82, 2.24) is 9.97 Å². The van der Waals surface area contributed by atoms with E-state index in [4.69, 9.17) is 4.74 Å². The first-order chi connectivity index (χ1) is 13.2. The predicted molar refractivity (Wildman–Crippen MR) is 108 cm³/mol. The van der Waals surface area contributed by atoms with Crippen LogP contribution in [-0.2, 0) is 4.79 Å². The number of rotatable bonds is 5. The zero-order chi connectivity index (χ0) is 18.6. The maximum Gasteiger partial charge on any atom is 0.265 e. The Hall–Kier alpha value is -3.25. The Morgan fingerprint density at radius 3 is 2.56 bits per heavy atom. The van der Waals surface area contributed by atoms with Crippen LogP contribution >= 0.6 is 11.3 Å². The summed E-state index contributed by atoms with van der Waals surface area (Å²) in [6, 6.07) is 20.7. The summed E-state index contributed by atoms with van der Waals surface area (Å²) in [5.41, 5.74) is 2.60. The van der Waals surface area contributed by atoms with Gasteiger partial charge in [-0.05, 0) is 55.5 Å². The minimum Gasteiger partial charge on any atom is -0.481 e. The number of hydrogen-bond donors (Lipinski definition) is 1. The molecular weight excluding hydrogens is 358 g/mol. The first-order valence-corrected chi connectivity index (χ1v) is 9.35. The van der Waals surface area contributed by atoms with E-state index < -0.39 is 6.10 Å². The minimum atomic E-state index is -0.595. The van der Waals surface area contributed by atoms with Crippen molar-refractivity contribution >= 4 is 33.3 Å². The van der Waals surface area contributed by atoms with Crippen LogP contribution in [0.25, 0.3) is 20.9 Å². The lowest BCUT2D eigenvalue weighted by Crippen LogP contribution is -2.30. The third-order valence-corrected chi connectivity index (χ3v) is 5.02. The zero-order valence-corrected chi connectivity index (χ0v) is 15.4. The molecule has 4 aromatic rings. The van der Waals surface area contributed by atoms with Gasteiger partial charge in [0.15, 0.2) is 6.10 Å². The van der Waals surface area contributed by atoms with E-state index in [-0.39, 0.29) is 5.91 Å². The van der Waals surface area contributed by atoms with Gasteiger partial charge in [0, 0.05) is 17.4 Å². The van der Waals surface area contributed by atoms with Crippen LogP contribution in [-0.4, -0.2) is 22.0 Å². The standard InChI is InChI=1S/C21H17N3O2S/c1-14(26-17-6-3-2-4-7-17)19(25)23-16-11-9-15(10-12-16)20-24-18-8-5-13-22-21(18)27-20/h2-14H,1H3,(H,23,25). The van der Waals surface area contributed by atoms with E-state index >= 15 is 0 Å². The van der Waals surface area contributed by atoms with Crippen LogP contribution in [0.1, 0.15) is 6.92 Å². The molecule has 2 aromatic carbocycles. The van der Waals surface area contributed by atoms with Crippen LogP contribution in [0.3, 0.4) is 0 Å². The Kier molecular flexibility index (Phi) is 4.80. The Bertz CT molecular complexity index is 1030. The van der Waals surface area contributed by atoms with Gasteiger partial charge in [0.05, 0.1) is 0 Å². The normalized spacial score (nSPS) is 11.9. The summed E-state index contributed by atoms with van der Waals surface area (Å²) in [5, 5.41) is 3.78. The van der Waals surface area contributed by atoms with E-state index in [1.54, 1.807) is 24.5 Å². The fraction of sp³-hybridized carbons (Fsp3) is 0.0952. The molecule has 0 saturated carbocycles. The number of anilines is 1. The highest BCUT2D eigenvalue weighted by molar-refractivity contribution is 7.21. The van der Waals surface area contributed by atoms with Gasteiger partial charge in [0.25, 0.3) is 5.91 Å². The first-order valence-electron chi connectivity index (χ1n) is 8.53. The number of para-hydroxylation sites is 1. The number of fused-ring (bicyclic) bond motifs is 1. The second-order valence-electron chi connectivity index (χ2n) is 5.99. The third kappa shape index (κ3) is 3.96. The number of aromatic nitrogens is 2. The summed E-state index contributed by atoms with van der Waals surface area (Å²) < 4.78 is 5.65. The molecule has 0 saturated heterocycles. The molecule has 5 nitrogen and oxygen atoms in total. The molecule has 2 heterocycles. The van der Waals surface area contributed by atoms with Crippen molar-refractivity contribution < 1.29 is 9.53 Å². The Labute approximate surface area is 160 Å². The molecule has 0 radical (unpaired) electrons. The predicted octanol–water partition coefficient (Wildman–Crippen LogP) is 4.76. The van der Waals surface area contributed by atoms with Gasteiger partial charge in [0.2, 0.25) is 0 Å². The summed E-state index contributed by atoms with van der Waals surface area (Å²) in [6.45, 7) is 1.73. The van der Waals surface area contributed by atoms with Crippen LogP contribution in [0.5, 0.6) is 5.75 Å². The number of carbonyl (C=O) groups is 1. The third-order valence-electron chi connectivity index (χ3n) is 3.99. The molecule has 1 atom stereocenters. The lowest BCUT2D eigenvalue weighted by molar-refractivity contribution is -0.122. The monoisotopic (exact) mass is 375 g/mol. The molecule has 27 heavy (non-hydrogen) atoms. The Balaban J connectivity index is 1.43. The molecule has 1 unspecified atom stereocenters. The van der Waals surface area contributed by atoms with E-state index in [1.165, 1.54) is 0 Å². The van der Waals surface area contributed by atoms with E-state index in [2.05, 4.69) is 15.3 Å². The SMILES string of the molecule is CC(Oc1ccccc1)C(=O)Nc1ccc(-c2nc3cccnc3s2)cc1. The molecule has 6 heteroatoms. The molecule has 4 rings (SSSR count). The Morgan fingerprint density at radius 2 is 1.81 bits per heavy atom. The molecule has 0 fully saturated rings. The van der Waals surface area contributed by atoms with Crippen molar-refractivity contribution in [3.63, 3.8) is 0 Å². The lowest BCUT2D eigenvalue weighted by atomic mass is 10.2. The fourth-order valence-electron chi connectivity index (χ4n) is 2.59. The van der Waals surface area contributed by atoms with Crippen LogP contribution in [0.15, 0.2) is 72.9 Å². The molecule has 0 aliphatic rings. The number of nitrogens with zero attached hydrogens (tertiary/aromatic N) is 2. The van der Waals surface area contributed by atoms with Gasteiger partial charge in [-0.15, -0.1) is 0 Å². The van der Waals surface area contributed by atoms with Gasteiger partial charge in [0.1, 0.15) is 21.1 Å². The van der Waals surface area contributed by atoms with Crippen molar-refractivity contribution in [3.8, 4) is 16.3 Å². The fourth-order valence-corrected chi connectivity index (χ4v) is 3.50. The number of nitrogens with one attached hydrogen (secondary N) is 1. The maximum atomic E-state index is 12.3. The van der Waals surface area contributed by atoms with E-state index in [1.807, 2.05) is 66.7 Å². The second kappa shape index (κ2) is 7.55. The van der Waals surface area contributed by atoms with E-state index in [0.717, 1.165) is 20.9 Å². The Morgan fingerprint density at radius 1 is 1.04 bits per heavy atom. The highest BCUT2D eigenvalue weighted by atomic mass is 32.1. The number of pyridine rings is 1. The highest BCUT2D eigenvalue weighted by Gasteiger charge is 2.15. The number of ether oxygens (including phenoxy) is 1. The summed E-state index contributed by atoms with van der Waals surface area (Å²) in [6.07, 6.45) is 1.17. The van der Waals surface area contributed by atoms with E-state index in [0.29, 0.717) is 11.4 Å². The highest BCUT2D eigenvalue weighted by Crippen LogP contribution is 2.29. The van der Waals surface area contributed by atoms with Crippen molar-refractivity contribution in [3.05, 3.63) is 72.9 Å². The van der Waals surface area contributed by atoms with Gasteiger partial charge in [-0.2, -0.15) is 0 Å². The minimum absolute atomic E-state index is 0.198. The quantitative estimate of drug-likeness (QED) is 0.546. The average Bonchev–Trinajstić information content (AvgIpc) is 3.13. The summed E-state index contributed by atoms with van der Waals surface area (Å²) in [7, 11) is 0. The number of carbonyl (C=O) groups excluding carboxylic acids is 1. The largest absolute Gasteiger partial charge is 0.481 e. The maximum absolute atomic E-state index is 12.3. The zero-order valence-electron chi connectivity index (χ0n) is 14.6. The summed E-state index contributed by atoms with van der Waals surface area (Å²) in [5.74, 6) is 0.468. The van der Waals surface area contributed by atoms with Crippen molar-refractivity contribution in [2.45, 2.75) is 13.0 Å². The number of amides is 1. The van der Waals surface area contributed by atoms with Crippen molar-refractivity contribution in [1.29, 1.82) is 0 Å². The van der Waals surface area contributed by atoms with Gasteiger partial charge < -0.3 is 10.1 Å². The molecular formula is C21H17N3O2S. The summed E-state index contributed by atoms with van der Waals surface area (Å²) in [4.78, 5) is 22.2. The molecule has 0 bridgehead atoms. The second-order valence-corrected chi connectivity index (χ2v) is 6.96. The molecule has 1 amide bonds. The van der Waals surface area contributed by atoms with Crippen molar-refractivity contribution in [2.75, 3.05) is 5.32 Å². The molecule has 2 aromatic heterocycles. The smallest absolute Gasteiger partial charge is 0.265 e.